The molecule has 0 aliphatic heterocycles. The van der Waals surface area contributed by atoms with Gasteiger partial charge in [-0.2, -0.15) is 0 Å². The molecule has 29 heavy (non-hydrogen) atoms. The van der Waals surface area contributed by atoms with E-state index < -0.39 is 16.1 Å². The normalized spacial score (nSPS) is 12.3. The van der Waals surface area contributed by atoms with Crippen molar-refractivity contribution in [3.8, 4) is 5.75 Å². The SMILES string of the molecule is CCOc1ccccc1CCCNC(=O)[C@H](C)N(c1cccc(C)c1)S(C)(=O)=O. The number of hydrogen-bond acceptors (Lipinski definition) is 4. The molecule has 7 heteroatoms. The molecule has 6 nitrogen and oxygen atoms in total. The van der Waals surface area contributed by atoms with Gasteiger partial charge in [0.15, 0.2) is 0 Å². The first-order valence-electron chi connectivity index (χ1n) is 9.78. The second-order valence-corrected chi connectivity index (χ2v) is 8.87. The highest BCUT2D eigenvalue weighted by molar-refractivity contribution is 7.92. The zero-order valence-corrected chi connectivity index (χ0v) is 18.3. The summed E-state index contributed by atoms with van der Waals surface area (Å²) < 4.78 is 31.5. The van der Waals surface area contributed by atoms with Gasteiger partial charge in [-0.1, -0.05) is 30.3 Å². The fourth-order valence-electron chi connectivity index (χ4n) is 3.22. The smallest absolute Gasteiger partial charge is 0.243 e. The van der Waals surface area contributed by atoms with Crippen LogP contribution < -0.4 is 14.4 Å². The Balaban J connectivity index is 1.98. The number of sulfonamides is 1. The highest BCUT2D eigenvalue weighted by Crippen LogP contribution is 2.22. The summed E-state index contributed by atoms with van der Waals surface area (Å²) in [6, 6.07) is 14.1. The van der Waals surface area contributed by atoms with Crippen molar-refractivity contribution in [2.45, 2.75) is 39.7 Å². The number of amides is 1. The lowest BCUT2D eigenvalue weighted by Crippen LogP contribution is -2.48. The number of carbonyl (C=O) groups is 1. The van der Waals surface area contributed by atoms with Crippen LogP contribution in [0.4, 0.5) is 5.69 Å². The van der Waals surface area contributed by atoms with E-state index in [2.05, 4.69) is 5.32 Å². The number of rotatable bonds is 10. The molecule has 0 aliphatic rings. The van der Waals surface area contributed by atoms with E-state index in [1.807, 2.05) is 44.2 Å². The first kappa shape index (κ1) is 22.7. The summed E-state index contributed by atoms with van der Waals surface area (Å²) in [5, 5.41) is 2.86. The van der Waals surface area contributed by atoms with Crippen LogP contribution in [0, 0.1) is 6.92 Å². The molecular weight excluding hydrogens is 388 g/mol. The molecule has 0 fully saturated rings. The Kier molecular flexibility index (Phi) is 8.08. The molecule has 0 aromatic heterocycles. The molecule has 2 rings (SSSR count). The van der Waals surface area contributed by atoms with E-state index >= 15 is 0 Å². The molecule has 0 bridgehead atoms. The molecule has 0 spiro atoms. The van der Waals surface area contributed by atoms with Crippen LogP contribution >= 0.6 is 0 Å². The summed E-state index contributed by atoms with van der Waals surface area (Å²) in [5.41, 5.74) is 2.51. The van der Waals surface area contributed by atoms with Crippen LogP contribution in [0.5, 0.6) is 5.75 Å². The second kappa shape index (κ2) is 10.3. The van der Waals surface area contributed by atoms with Crippen LogP contribution in [0.25, 0.3) is 0 Å². The summed E-state index contributed by atoms with van der Waals surface area (Å²) in [6.45, 7) is 6.48. The molecule has 1 amide bonds. The molecule has 2 aromatic carbocycles. The van der Waals surface area contributed by atoms with Crippen molar-refractivity contribution < 1.29 is 17.9 Å². The third-order valence-corrected chi connectivity index (χ3v) is 5.78. The minimum absolute atomic E-state index is 0.324. The number of para-hydroxylation sites is 1. The predicted molar refractivity (Wildman–Crippen MR) is 117 cm³/mol. The topological polar surface area (TPSA) is 75.7 Å². The molecule has 0 saturated carbocycles. The lowest BCUT2D eigenvalue weighted by molar-refractivity contribution is -0.121. The van der Waals surface area contributed by atoms with Gasteiger partial charge in [0.2, 0.25) is 15.9 Å². The Labute approximate surface area is 173 Å². The van der Waals surface area contributed by atoms with Gasteiger partial charge in [-0.15, -0.1) is 0 Å². The summed E-state index contributed by atoms with van der Waals surface area (Å²) in [4.78, 5) is 12.6. The largest absolute Gasteiger partial charge is 0.494 e. The van der Waals surface area contributed by atoms with Crippen LogP contribution in [0.2, 0.25) is 0 Å². The van der Waals surface area contributed by atoms with Crippen molar-refractivity contribution in [3.63, 3.8) is 0 Å². The molecule has 158 valence electrons. The third-order valence-electron chi connectivity index (χ3n) is 4.54. The number of carbonyl (C=O) groups excluding carboxylic acids is 1. The fraction of sp³-hybridized carbons (Fsp3) is 0.409. The lowest BCUT2D eigenvalue weighted by atomic mass is 10.1. The van der Waals surface area contributed by atoms with Crippen LogP contribution in [-0.4, -0.2) is 39.8 Å². The molecule has 1 atom stereocenters. The Morgan fingerprint density at radius 2 is 1.90 bits per heavy atom. The minimum Gasteiger partial charge on any atom is -0.494 e. The number of benzene rings is 2. The lowest BCUT2D eigenvalue weighted by Gasteiger charge is -2.28. The average molecular weight is 419 g/mol. The van der Waals surface area contributed by atoms with Crippen molar-refractivity contribution in [2.75, 3.05) is 23.7 Å². The Hall–Kier alpha value is -2.54. The molecule has 0 saturated heterocycles. The summed E-state index contributed by atoms with van der Waals surface area (Å²) in [6.07, 6.45) is 2.61. The van der Waals surface area contributed by atoms with Crippen molar-refractivity contribution in [1.82, 2.24) is 5.32 Å². The van der Waals surface area contributed by atoms with Crippen molar-refractivity contribution in [1.29, 1.82) is 0 Å². The van der Waals surface area contributed by atoms with Gasteiger partial charge in [0, 0.05) is 6.54 Å². The first-order chi connectivity index (χ1) is 13.7. The van der Waals surface area contributed by atoms with Gasteiger partial charge >= 0.3 is 0 Å². The van der Waals surface area contributed by atoms with Gasteiger partial charge in [-0.25, -0.2) is 8.42 Å². The number of anilines is 1. The molecule has 0 aliphatic carbocycles. The minimum atomic E-state index is -3.61. The van der Waals surface area contributed by atoms with E-state index in [0.29, 0.717) is 18.8 Å². The van der Waals surface area contributed by atoms with Crippen molar-refractivity contribution in [3.05, 3.63) is 59.7 Å². The van der Waals surface area contributed by atoms with Gasteiger partial charge in [0.1, 0.15) is 11.8 Å². The van der Waals surface area contributed by atoms with E-state index in [9.17, 15) is 13.2 Å². The molecule has 0 unspecified atom stereocenters. The van der Waals surface area contributed by atoms with Crippen LogP contribution in [0.3, 0.4) is 0 Å². The maximum atomic E-state index is 12.6. The van der Waals surface area contributed by atoms with Gasteiger partial charge < -0.3 is 10.1 Å². The standard InChI is InChI=1S/C22H30N2O4S/c1-5-28-21-14-7-6-11-19(21)12-9-15-23-22(25)18(3)24(29(4,26)27)20-13-8-10-17(2)16-20/h6-8,10-11,13-14,16,18H,5,9,12,15H2,1-4H3,(H,23,25)/t18-/m0/s1. The van der Waals surface area contributed by atoms with Crippen molar-refractivity contribution in [2.24, 2.45) is 0 Å². The Bertz CT molecular complexity index is 928. The number of hydrogen-bond donors (Lipinski definition) is 1. The monoisotopic (exact) mass is 418 g/mol. The zero-order chi connectivity index (χ0) is 21.4. The van der Waals surface area contributed by atoms with E-state index in [1.54, 1.807) is 25.1 Å². The summed E-state index contributed by atoms with van der Waals surface area (Å²) >= 11 is 0. The molecule has 2 aromatic rings. The van der Waals surface area contributed by atoms with Gasteiger partial charge in [-0.05, 0) is 62.9 Å². The zero-order valence-electron chi connectivity index (χ0n) is 17.5. The highest BCUT2D eigenvalue weighted by Gasteiger charge is 2.28. The number of nitrogens with one attached hydrogen (secondary N) is 1. The molecule has 1 N–H and O–H groups in total. The second-order valence-electron chi connectivity index (χ2n) is 7.01. The van der Waals surface area contributed by atoms with Gasteiger partial charge in [0.25, 0.3) is 0 Å². The quantitative estimate of drug-likeness (QED) is 0.601. The van der Waals surface area contributed by atoms with E-state index in [0.717, 1.165) is 36.0 Å². The van der Waals surface area contributed by atoms with Crippen LogP contribution in [0.1, 0.15) is 31.4 Å². The predicted octanol–water partition coefficient (Wildman–Crippen LogP) is 3.30. The number of aryl methyl sites for hydroxylation is 2. The maximum absolute atomic E-state index is 12.6. The van der Waals surface area contributed by atoms with Gasteiger partial charge in [-0.3, -0.25) is 9.10 Å². The summed E-state index contributed by atoms with van der Waals surface area (Å²) in [7, 11) is -3.61. The number of ether oxygens (including phenoxy) is 1. The fourth-order valence-corrected chi connectivity index (χ4v) is 4.39. The first-order valence-corrected chi connectivity index (χ1v) is 11.6. The molecule has 0 heterocycles. The summed E-state index contributed by atoms with van der Waals surface area (Å²) in [5.74, 6) is 0.535. The average Bonchev–Trinajstić information content (AvgIpc) is 2.65. The number of nitrogens with zero attached hydrogens (tertiary/aromatic N) is 1. The van der Waals surface area contributed by atoms with E-state index in [1.165, 1.54) is 4.31 Å². The van der Waals surface area contributed by atoms with Crippen molar-refractivity contribution >= 4 is 21.6 Å². The Morgan fingerprint density at radius 1 is 1.17 bits per heavy atom. The molecular formula is C22H30N2O4S. The molecule has 0 radical (unpaired) electrons. The van der Waals surface area contributed by atoms with E-state index in [-0.39, 0.29) is 5.91 Å². The van der Waals surface area contributed by atoms with Crippen LogP contribution in [-0.2, 0) is 21.2 Å². The van der Waals surface area contributed by atoms with Gasteiger partial charge in [0.05, 0.1) is 18.6 Å². The Morgan fingerprint density at radius 3 is 2.55 bits per heavy atom. The van der Waals surface area contributed by atoms with Crippen LogP contribution in [0.15, 0.2) is 48.5 Å². The van der Waals surface area contributed by atoms with E-state index in [4.69, 9.17) is 4.74 Å². The third kappa shape index (κ3) is 6.49. The maximum Gasteiger partial charge on any atom is 0.243 e. The highest BCUT2D eigenvalue weighted by atomic mass is 32.2.